The van der Waals surface area contributed by atoms with E-state index in [-0.39, 0.29) is 31.0 Å². The molecule has 2 aromatic rings. The third-order valence-electron chi connectivity index (χ3n) is 4.84. The third-order valence-corrected chi connectivity index (χ3v) is 5.85. The minimum atomic E-state index is -0.741. The molecule has 7 heteroatoms. The molecule has 1 heterocycles. The summed E-state index contributed by atoms with van der Waals surface area (Å²) in [6.07, 6.45) is -0.0525. The van der Waals surface area contributed by atoms with Gasteiger partial charge >= 0.3 is 5.97 Å². The molecule has 0 spiro atoms. The molecule has 0 unspecified atom stereocenters. The zero-order valence-corrected chi connectivity index (χ0v) is 18.2. The van der Waals surface area contributed by atoms with Gasteiger partial charge in [0, 0.05) is 16.6 Å². The number of para-hydroxylation sites is 1. The lowest BCUT2D eigenvalue weighted by Gasteiger charge is -2.22. The molecular weight excluding hydrogens is 405 g/mol. The van der Waals surface area contributed by atoms with Crippen LogP contribution in [0.1, 0.15) is 25.8 Å². The molecule has 2 atom stereocenters. The van der Waals surface area contributed by atoms with Gasteiger partial charge in [0.25, 0.3) is 0 Å². The number of ether oxygens (including phenoxy) is 2. The molecule has 1 aliphatic heterocycles. The van der Waals surface area contributed by atoms with E-state index >= 15 is 0 Å². The number of methoxy groups -OCH3 is 1. The summed E-state index contributed by atoms with van der Waals surface area (Å²) in [6, 6.07) is 13.2. The Morgan fingerprint density at radius 3 is 2.50 bits per heavy atom. The second-order valence-electron chi connectivity index (χ2n) is 7.48. The van der Waals surface area contributed by atoms with E-state index in [1.165, 1.54) is 24.1 Å². The van der Waals surface area contributed by atoms with E-state index in [0.717, 1.165) is 10.5 Å². The minimum absolute atomic E-state index is 0.110. The molecule has 30 heavy (non-hydrogen) atoms. The highest BCUT2D eigenvalue weighted by Crippen LogP contribution is 2.27. The largest absolute Gasteiger partial charge is 0.485 e. The quantitative estimate of drug-likeness (QED) is 0.488. The Bertz CT molecular complexity index is 887. The molecule has 0 aliphatic carbocycles. The Morgan fingerprint density at radius 2 is 1.87 bits per heavy atom. The Morgan fingerprint density at radius 1 is 1.17 bits per heavy atom. The summed E-state index contributed by atoms with van der Waals surface area (Å²) in [5.41, 5.74) is 0.871. The van der Waals surface area contributed by atoms with Crippen LogP contribution in [0.5, 0.6) is 5.75 Å². The fraction of sp³-hybridized carbons (Fsp3) is 0.391. The number of carbonyl (C=O) groups is 2. The summed E-state index contributed by atoms with van der Waals surface area (Å²) in [5.74, 6) is -1.05. The second-order valence-corrected chi connectivity index (χ2v) is 9.13. The molecule has 160 valence electrons. The Labute approximate surface area is 180 Å². The van der Waals surface area contributed by atoms with Crippen molar-refractivity contribution >= 4 is 23.6 Å². The van der Waals surface area contributed by atoms with E-state index in [1.807, 2.05) is 24.3 Å². The molecule has 5 nitrogen and oxygen atoms in total. The van der Waals surface area contributed by atoms with Crippen molar-refractivity contribution < 1.29 is 23.5 Å². The van der Waals surface area contributed by atoms with Crippen molar-refractivity contribution in [3.63, 3.8) is 0 Å². The summed E-state index contributed by atoms with van der Waals surface area (Å²) in [6.45, 7) is 4.46. The maximum atomic E-state index is 13.9. The molecule has 1 amide bonds. The molecule has 2 aromatic carbocycles. The first-order chi connectivity index (χ1) is 14.4. The number of likely N-dealkylation sites (tertiary alicyclic amines) is 1. The van der Waals surface area contributed by atoms with Crippen molar-refractivity contribution in [1.29, 1.82) is 0 Å². The van der Waals surface area contributed by atoms with E-state index in [1.54, 1.807) is 23.9 Å². The predicted molar refractivity (Wildman–Crippen MR) is 114 cm³/mol. The highest BCUT2D eigenvalue weighted by Gasteiger charge is 2.41. The lowest BCUT2D eigenvalue weighted by Crippen LogP contribution is -2.42. The van der Waals surface area contributed by atoms with Gasteiger partial charge in [0.1, 0.15) is 12.1 Å². The van der Waals surface area contributed by atoms with Crippen molar-refractivity contribution in [2.75, 3.05) is 13.7 Å². The van der Waals surface area contributed by atoms with Gasteiger partial charge in [-0.2, -0.15) is 0 Å². The van der Waals surface area contributed by atoms with Crippen LogP contribution in [0.15, 0.2) is 53.4 Å². The van der Waals surface area contributed by atoms with Crippen molar-refractivity contribution in [3.05, 3.63) is 59.9 Å². The van der Waals surface area contributed by atoms with Crippen LogP contribution in [0, 0.1) is 5.82 Å². The number of halogens is 1. The normalized spacial score (nSPS) is 18.5. The molecule has 1 fully saturated rings. The fourth-order valence-electron chi connectivity index (χ4n) is 3.47. The van der Waals surface area contributed by atoms with Crippen LogP contribution in [0.3, 0.4) is 0 Å². The average molecular weight is 432 g/mol. The molecular formula is C23H26FNO4S. The maximum Gasteiger partial charge on any atom is 0.328 e. The number of benzene rings is 2. The van der Waals surface area contributed by atoms with Gasteiger partial charge in [-0.05, 0) is 29.8 Å². The van der Waals surface area contributed by atoms with Crippen molar-refractivity contribution in [1.82, 2.24) is 4.90 Å². The topological polar surface area (TPSA) is 55.8 Å². The van der Waals surface area contributed by atoms with Gasteiger partial charge in [-0.3, -0.25) is 4.79 Å². The lowest BCUT2D eigenvalue weighted by molar-refractivity contribution is -0.150. The number of esters is 1. The Balaban J connectivity index is 1.69. The summed E-state index contributed by atoms with van der Waals surface area (Å²) in [7, 11) is 1.29. The Hall–Kier alpha value is -2.54. The van der Waals surface area contributed by atoms with E-state index < -0.39 is 23.9 Å². The molecule has 0 N–H and O–H groups in total. The number of hydrogen-bond acceptors (Lipinski definition) is 5. The molecule has 0 aromatic heterocycles. The number of thioether (sulfide) groups is 1. The summed E-state index contributed by atoms with van der Waals surface area (Å²) in [5, 5.41) is 0.481. The number of amides is 1. The van der Waals surface area contributed by atoms with Gasteiger partial charge in [0.05, 0.1) is 20.1 Å². The molecule has 1 saturated heterocycles. The standard InChI is InChI=1S/C23H26FNO4S/c1-15(2)30-18-10-8-16(9-11-18)12-22(26)25-14-17(13-20(25)23(27)28-3)29-21-7-5-4-6-19(21)24/h4-11,15,17,20H,12-14H2,1-3H3/t17-,20+/m1/s1. The van der Waals surface area contributed by atoms with Gasteiger partial charge in [0.2, 0.25) is 5.91 Å². The van der Waals surface area contributed by atoms with Crippen molar-refractivity contribution in [2.45, 2.75) is 49.0 Å². The first-order valence-corrected chi connectivity index (χ1v) is 10.8. The zero-order chi connectivity index (χ0) is 21.7. The summed E-state index contributed by atoms with van der Waals surface area (Å²) < 4.78 is 24.5. The van der Waals surface area contributed by atoms with E-state index in [2.05, 4.69) is 13.8 Å². The van der Waals surface area contributed by atoms with Crippen LogP contribution in [-0.4, -0.2) is 47.8 Å². The maximum absolute atomic E-state index is 13.9. The van der Waals surface area contributed by atoms with Crippen LogP contribution < -0.4 is 4.74 Å². The number of hydrogen-bond donors (Lipinski definition) is 0. The van der Waals surface area contributed by atoms with Crippen LogP contribution in [-0.2, 0) is 20.7 Å². The smallest absolute Gasteiger partial charge is 0.328 e. The van der Waals surface area contributed by atoms with Crippen LogP contribution in [0.2, 0.25) is 0 Å². The third kappa shape index (κ3) is 5.53. The van der Waals surface area contributed by atoms with Gasteiger partial charge in [-0.1, -0.05) is 38.1 Å². The van der Waals surface area contributed by atoms with E-state index in [0.29, 0.717) is 5.25 Å². The lowest BCUT2D eigenvalue weighted by atomic mass is 10.1. The summed E-state index contributed by atoms with van der Waals surface area (Å²) in [4.78, 5) is 27.8. The zero-order valence-electron chi connectivity index (χ0n) is 17.3. The molecule has 3 rings (SSSR count). The van der Waals surface area contributed by atoms with E-state index in [9.17, 15) is 14.0 Å². The SMILES string of the molecule is COC(=O)[C@@H]1C[C@@H](Oc2ccccc2F)CN1C(=O)Cc1ccc(SC(C)C)cc1. The highest BCUT2D eigenvalue weighted by atomic mass is 32.2. The monoisotopic (exact) mass is 431 g/mol. The Kier molecular flexibility index (Phi) is 7.37. The average Bonchev–Trinajstić information content (AvgIpc) is 3.14. The highest BCUT2D eigenvalue weighted by molar-refractivity contribution is 7.99. The van der Waals surface area contributed by atoms with E-state index in [4.69, 9.17) is 9.47 Å². The van der Waals surface area contributed by atoms with Gasteiger partial charge in [-0.15, -0.1) is 11.8 Å². The molecule has 0 saturated carbocycles. The molecule has 1 aliphatic rings. The molecule has 0 radical (unpaired) electrons. The fourth-order valence-corrected chi connectivity index (χ4v) is 4.31. The first-order valence-electron chi connectivity index (χ1n) is 9.91. The predicted octanol–water partition coefficient (Wildman–Crippen LogP) is 4.09. The number of carbonyl (C=O) groups excluding carboxylic acids is 2. The van der Waals surface area contributed by atoms with Crippen LogP contribution >= 0.6 is 11.8 Å². The van der Waals surface area contributed by atoms with Gasteiger partial charge in [0.15, 0.2) is 11.6 Å². The minimum Gasteiger partial charge on any atom is -0.485 e. The van der Waals surface area contributed by atoms with Crippen LogP contribution in [0.25, 0.3) is 0 Å². The number of nitrogens with zero attached hydrogens (tertiary/aromatic N) is 1. The second kappa shape index (κ2) is 9.98. The number of rotatable bonds is 7. The van der Waals surface area contributed by atoms with Crippen LogP contribution in [0.4, 0.5) is 4.39 Å². The van der Waals surface area contributed by atoms with Gasteiger partial charge < -0.3 is 14.4 Å². The van der Waals surface area contributed by atoms with Crippen molar-refractivity contribution in [3.8, 4) is 5.75 Å². The first kappa shape index (κ1) is 22.2. The van der Waals surface area contributed by atoms with Gasteiger partial charge in [-0.25, -0.2) is 9.18 Å². The summed E-state index contributed by atoms with van der Waals surface area (Å²) >= 11 is 1.76. The molecule has 0 bridgehead atoms. The van der Waals surface area contributed by atoms with Crippen molar-refractivity contribution in [2.24, 2.45) is 0 Å².